The highest BCUT2D eigenvalue weighted by atomic mass is 35.5. The molecule has 1 aromatic heterocycles. The van der Waals surface area contributed by atoms with Crippen molar-refractivity contribution < 1.29 is 4.79 Å². The lowest BCUT2D eigenvalue weighted by molar-refractivity contribution is -0.105. The highest BCUT2D eigenvalue weighted by Gasteiger charge is 2.34. The lowest BCUT2D eigenvalue weighted by Gasteiger charge is -2.34. The van der Waals surface area contributed by atoms with E-state index in [2.05, 4.69) is 26.9 Å². The van der Waals surface area contributed by atoms with Gasteiger partial charge in [-0.25, -0.2) is 0 Å². The number of carbonyl (C=O) groups excluding carboxylic acids is 1. The van der Waals surface area contributed by atoms with Gasteiger partial charge in [-0.3, -0.25) is 9.89 Å². The number of hydrogen-bond acceptors (Lipinski definition) is 4. The number of rotatable bonds is 3. The van der Waals surface area contributed by atoms with Crippen LogP contribution in [0.5, 0.6) is 0 Å². The Hall–Kier alpha value is -2.88. The third-order valence-electron chi connectivity index (χ3n) is 6.31. The van der Waals surface area contributed by atoms with E-state index >= 15 is 0 Å². The number of benzene rings is 2. The Morgan fingerprint density at radius 3 is 2.55 bits per heavy atom. The van der Waals surface area contributed by atoms with Crippen LogP contribution in [0, 0.1) is 11.3 Å². The maximum atomic E-state index is 10.6. The second kappa shape index (κ2) is 9.51. The SMILES string of the molecule is C1CCC2(CCCC2)NC1.N#Cc1ccc(Cl)c(-c2ccc3[nH]nc(NC=O)c3c2)c1. The van der Waals surface area contributed by atoms with Crippen LogP contribution in [-0.4, -0.2) is 28.7 Å². The molecule has 160 valence electrons. The fraction of sp³-hybridized carbons (Fsp3) is 0.375. The zero-order chi connectivity index (χ0) is 21.7. The van der Waals surface area contributed by atoms with Gasteiger partial charge in [0.1, 0.15) is 0 Å². The van der Waals surface area contributed by atoms with E-state index in [1.807, 2.05) is 18.2 Å². The average Bonchev–Trinajstić information content (AvgIpc) is 3.42. The predicted molar refractivity (Wildman–Crippen MR) is 124 cm³/mol. The number of H-pyrrole nitrogens is 1. The van der Waals surface area contributed by atoms with Gasteiger partial charge in [0.05, 0.1) is 17.1 Å². The van der Waals surface area contributed by atoms with Gasteiger partial charge in [0, 0.05) is 21.5 Å². The van der Waals surface area contributed by atoms with Crippen molar-refractivity contribution >= 4 is 34.7 Å². The Labute approximate surface area is 187 Å². The second-order valence-electron chi connectivity index (χ2n) is 8.27. The van der Waals surface area contributed by atoms with Crippen LogP contribution in [0.2, 0.25) is 5.02 Å². The van der Waals surface area contributed by atoms with Gasteiger partial charge in [-0.15, -0.1) is 0 Å². The van der Waals surface area contributed by atoms with Crippen LogP contribution in [-0.2, 0) is 4.79 Å². The number of aromatic nitrogens is 2. The normalized spacial score (nSPS) is 17.0. The van der Waals surface area contributed by atoms with Crippen LogP contribution >= 0.6 is 11.6 Å². The van der Waals surface area contributed by atoms with Crippen LogP contribution in [0.3, 0.4) is 0 Å². The van der Waals surface area contributed by atoms with E-state index in [4.69, 9.17) is 16.9 Å². The molecule has 1 aliphatic heterocycles. The molecule has 3 N–H and O–H groups in total. The summed E-state index contributed by atoms with van der Waals surface area (Å²) >= 11 is 6.21. The van der Waals surface area contributed by atoms with Crippen molar-refractivity contribution in [2.75, 3.05) is 11.9 Å². The van der Waals surface area contributed by atoms with Gasteiger partial charge in [-0.2, -0.15) is 10.4 Å². The van der Waals surface area contributed by atoms with Gasteiger partial charge in [0.2, 0.25) is 6.41 Å². The van der Waals surface area contributed by atoms with Gasteiger partial charge in [-0.1, -0.05) is 36.9 Å². The Balaban J connectivity index is 0.000000192. The first-order chi connectivity index (χ1) is 15.1. The molecular weight excluding hydrogens is 410 g/mol. The highest BCUT2D eigenvalue weighted by molar-refractivity contribution is 6.33. The van der Waals surface area contributed by atoms with Crippen molar-refractivity contribution in [2.45, 2.75) is 50.5 Å². The second-order valence-corrected chi connectivity index (χ2v) is 8.68. The number of amides is 1. The summed E-state index contributed by atoms with van der Waals surface area (Å²) < 4.78 is 0. The molecule has 5 rings (SSSR count). The summed E-state index contributed by atoms with van der Waals surface area (Å²) in [5.74, 6) is 0.453. The molecule has 0 radical (unpaired) electrons. The summed E-state index contributed by atoms with van der Waals surface area (Å²) in [6.45, 7) is 1.28. The van der Waals surface area contributed by atoms with E-state index in [1.54, 1.807) is 18.2 Å². The van der Waals surface area contributed by atoms with Gasteiger partial charge in [0.25, 0.3) is 0 Å². The molecule has 2 aromatic carbocycles. The number of nitrogens with zero attached hydrogens (tertiary/aromatic N) is 2. The number of anilines is 1. The zero-order valence-electron chi connectivity index (χ0n) is 17.4. The van der Waals surface area contributed by atoms with Crippen LogP contribution < -0.4 is 10.6 Å². The number of hydrogen-bond donors (Lipinski definition) is 3. The summed E-state index contributed by atoms with van der Waals surface area (Å²) in [6, 6.07) is 12.8. The highest BCUT2D eigenvalue weighted by Crippen LogP contribution is 2.35. The molecule has 3 aromatic rings. The molecule has 0 unspecified atom stereocenters. The van der Waals surface area contributed by atoms with E-state index in [9.17, 15) is 4.79 Å². The molecule has 1 saturated heterocycles. The molecule has 1 aliphatic carbocycles. The van der Waals surface area contributed by atoms with Gasteiger partial charge >= 0.3 is 0 Å². The lowest BCUT2D eigenvalue weighted by Crippen LogP contribution is -2.45. The lowest BCUT2D eigenvalue weighted by atomic mass is 9.88. The number of halogens is 1. The number of nitrogens with one attached hydrogen (secondary N) is 3. The maximum Gasteiger partial charge on any atom is 0.212 e. The van der Waals surface area contributed by atoms with Gasteiger partial charge in [-0.05, 0) is 68.1 Å². The van der Waals surface area contributed by atoms with Crippen LogP contribution in [0.15, 0.2) is 36.4 Å². The fourth-order valence-electron chi connectivity index (χ4n) is 4.67. The first-order valence-corrected chi connectivity index (χ1v) is 11.2. The molecule has 1 saturated carbocycles. The van der Waals surface area contributed by atoms with Gasteiger partial charge < -0.3 is 10.6 Å². The van der Waals surface area contributed by atoms with E-state index in [1.165, 1.54) is 51.5 Å². The Kier molecular flexibility index (Phi) is 6.55. The summed E-state index contributed by atoms with van der Waals surface area (Å²) in [4.78, 5) is 10.6. The fourth-order valence-corrected chi connectivity index (χ4v) is 4.90. The minimum atomic E-state index is 0.453. The molecule has 0 bridgehead atoms. The zero-order valence-corrected chi connectivity index (χ0v) is 18.1. The smallest absolute Gasteiger partial charge is 0.212 e. The molecule has 2 heterocycles. The predicted octanol–water partition coefficient (Wildman–Crippen LogP) is 5.40. The quantitative estimate of drug-likeness (QED) is 0.480. The molecule has 1 spiro atoms. The van der Waals surface area contributed by atoms with Crippen molar-refractivity contribution in [1.29, 1.82) is 5.26 Å². The maximum absolute atomic E-state index is 10.6. The minimum Gasteiger partial charge on any atom is -0.311 e. The number of fused-ring (bicyclic) bond motifs is 1. The molecule has 6 nitrogen and oxygen atoms in total. The van der Waals surface area contributed by atoms with E-state index in [0.29, 0.717) is 28.4 Å². The number of nitriles is 1. The molecular formula is C24H26ClN5O. The third-order valence-corrected chi connectivity index (χ3v) is 6.64. The molecule has 7 heteroatoms. The average molecular weight is 436 g/mol. The third kappa shape index (κ3) is 4.73. The summed E-state index contributed by atoms with van der Waals surface area (Å²) in [5, 5.41) is 23.4. The molecule has 2 fully saturated rings. The van der Waals surface area contributed by atoms with E-state index < -0.39 is 0 Å². The van der Waals surface area contributed by atoms with Gasteiger partial charge in [0.15, 0.2) is 5.82 Å². The van der Waals surface area contributed by atoms with Crippen molar-refractivity contribution in [2.24, 2.45) is 0 Å². The largest absolute Gasteiger partial charge is 0.311 e. The molecule has 31 heavy (non-hydrogen) atoms. The Morgan fingerprint density at radius 2 is 1.87 bits per heavy atom. The number of aromatic amines is 1. The summed E-state index contributed by atoms with van der Waals surface area (Å²) in [6.07, 6.45) is 10.7. The summed E-state index contributed by atoms with van der Waals surface area (Å²) in [7, 11) is 0. The molecule has 2 aliphatic rings. The number of piperidine rings is 1. The van der Waals surface area contributed by atoms with E-state index in [-0.39, 0.29) is 0 Å². The van der Waals surface area contributed by atoms with E-state index in [0.717, 1.165) is 22.0 Å². The first-order valence-electron chi connectivity index (χ1n) is 10.8. The van der Waals surface area contributed by atoms with Crippen molar-refractivity contribution in [3.8, 4) is 17.2 Å². The topological polar surface area (TPSA) is 93.6 Å². The van der Waals surface area contributed by atoms with Crippen molar-refractivity contribution in [3.63, 3.8) is 0 Å². The Bertz CT molecular complexity index is 1100. The van der Waals surface area contributed by atoms with Crippen molar-refractivity contribution in [1.82, 2.24) is 15.5 Å². The molecule has 0 atom stereocenters. The van der Waals surface area contributed by atoms with Crippen LogP contribution in [0.25, 0.3) is 22.0 Å². The monoisotopic (exact) mass is 435 g/mol. The van der Waals surface area contributed by atoms with Crippen LogP contribution in [0.4, 0.5) is 5.82 Å². The van der Waals surface area contributed by atoms with Crippen molar-refractivity contribution in [3.05, 3.63) is 47.0 Å². The first kappa shape index (κ1) is 21.4. The minimum absolute atomic E-state index is 0.453. The standard InChI is InChI=1S/C15H9ClN4O.C9H17N/c16-13-3-1-9(7-17)5-11(13)10-2-4-14-12(6-10)15(18-8-21)20-19-14;1-2-6-9(5-1)7-3-4-8-10-9/h1-6,8H,(H2,18,19,20,21);10H,1-8H2. The number of carbonyl (C=O) groups is 1. The summed E-state index contributed by atoms with van der Waals surface area (Å²) in [5.41, 5.74) is 3.57. The Morgan fingerprint density at radius 1 is 1.10 bits per heavy atom. The molecule has 1 amide bonds. The van der Waals surface area contributed by atoms with Crippen LogP contribution in [0.1, 0.15) is 50.5 Å².